The fourth-order valence-electron chi connectivity index (χ4n) is 2.18. The minimum Gasteiger partial charge on any atom is -0.370 e. The van der Waals surface area contributed by atoms with Crippen molar-refractivity contribution < 1.29 is 23.8 Å². The van der Waals surface area contributed by atoms with Gasteiger partial charge in [-0.1, -0.05) is 0 Å². The molecule has 2 saturated heterocycles. The lowest BCUT2D eigenvalue weighted by molar-refractivity contribution is -0.127. The summed E-state index contributed by atoms with van der Waals surface area (Å²) in [5, 5.41) is 2.76. The molecule has 2 amide bonds. The predicted molar refractivity (Wildman–Crippen MR) is 56.0 cm³/mol. The van der Waals surface area contributed by atoms with Crippen molar-refractivity contribution in [2.75, 3.05) is 19.8 Å². The third-order valence-corrected chi connectivity index (χ3v) is 2.84. The highest BCUT2D eigenvalue weighted by Gasteiger charge is 2.48. The van der Waals surface area contributed by atoms with Gasteiger partial charge in [-0.25, -0.2) is 0 Å². The van der Waals surface area contributed by atoms with E-state index in [1.54, 1.807) is 0 Å². The van der Waals surface area contributed by atoms with Gasteiger partial charge in [0.1, 0.15) is 24.9 Å². The summed E-state index contributed by atoms with van der Waals surface area (Å²) in [6.45, 7) is 2.04. The summed E-state index contributed by atoms with van der Waals surface area (Å²) in [6, 6.07) is -0.153. The van der Waals surface area contributed by atoms with E-state index in [-0.39, 0.29) is 36.9 Å². The second-order valence-corrected chi connectivity index (χ2v) is 4.22. The van der Waals surface area contributed by atoms with Crippen LogP contribution in [0, 0.1) is 0 Å². The normalized spacial score (nSPS) is 35.6. The Morgan fingerprint density at radius 1 is 1.35 bits per heavy atom. The minimum absolute atomic E-state index is 0.121. The Balaban J connectivity index is 1.88. The Morgan fingerprint density at radius 3 is 2.71 bits per heavy atom. The number of hydrogen-bond acceptors (Lipinski definition) is 5. The molecular formula is C10H16N2O5. The van der Waals surface area contributed by atoms with Gasteiger partial charge in [-0.2, -0.15) is 0 Å². The van der Waals surface area contributed by atoms with Crippen molar-refractivity contribution in [3.8, 4) is 0 Å². The molecule has 96 valence electrons. The number of carbonyl (C=O) groups is 2. The monoisotopic (exact) mass is 244 g/mol. The van der Waals surface area contributed by atoms with E-state index in [0.717, 1.165) is 0 Å². The third kappa shape index (κ3) is 2.74. The van der Waals surface area contributed by atoms with Crippen LogP contribution in [0.25, 0.3) is 0 Å². The lowest BCUT2D eigenvalue weighted by Gasteiger charge is -2.16. The molecule has 4 atom stereocenters. The molecule has 0 radical (unpaired) electrons. The highest BCUT2D eigenvalue weighted by atomic mass is 16.6. The van der Waals surface area contributed by atoms with Crippen molar-refractivity contribution in [1.29, 1.82) is 0 Å². The lowest BCUT2D eigenvalue weighted by atomic mass is 10.1. The Morgan fingerprint density at radius 2 is 2.06 bits per heavy atom. The standard InChI is InChI=1S/C10H16N2O5/c1-5(13)12-6-2-16-10-7(3-17-9(6)10)15-4-8(11)14/h6-7,9-10H,2-4H2,1H3,(H2,11,14)(H,12,13)/t6-,7+,9+,10+/m0/s1. The van der Waals surface area contributed by atoms with Crippen LogP contribution in [-0.4, -0.2) is 56.0 Å². The van der Waals surface area contributed by atoms with Crippen LogP contribution >= 0.6 is 0 Å². The van der Waals surface area contributed by atoms with Crippen LogP contribution in [0.5, 0.6) is 0 Å². The Bertz CT molecular complexity index is 322. The fourth-order valence-corrected chi connectivity index (χ4v) is 2.18. The molecule has 0 unspecified atom stereocenters. The number of hydrogen-bond donors (Lipinski definition) is 2. The van der Waals surface area contributed by atoms with Gasteiger partial charge in [0.2, 0.25) is 11.8 Å². The maximum atomic E-state index is 11.0. The number of nitrogens with one attached hydrogen (secondary N) is 1. The molecule has 0 saturated carbocycles. The summed E-state index contributed by atoms with van der Waals surface area (Å²) in [5.41, 5.74) is 5.00. The molecule has 7 heteroatoms. The first kappa shape index (κ1) is 12.3. The molecule has 7 nitrogen and oxygen atoms in total. The molecule has 17 heavy (non-hydrogen) atoms. The lowest BCUT2D eigenvalue weighted by Crippen LogP contribution is -2.43. The number of rotatable bonds is 4. The van der Waals surface area contributed by atoms with Gasteiger partial charge >= 0.3 is 0 Å². The SMILES string of the molecule is CC(=O)N[C@H]1CO[C@H]2[C@@H]1OC[C@H]2OCC(N)=O. The van der Waals surface area contributed by atoms with E-state index in [1.165, 1.54) is 6.92 Å². The number of carbonyl (C=O) groups excluding carboxylic acids is 2. The van der Waals surface area contributed by atoms with E-state index >= 15 is 0 Å². The Kier molecular flexibility index (Phi) is 3.60. The van der Waals surface area contributed by atoms with E-state index in [0.29, 0.717) is 13.2 Å². The molecule has 2 aliphatic rings. The molecule has 2 rings (SSSR count). The zero-order valence-electron chi connectivity index (χ0n) is 9.55. The first-order valence-corrected chi connectivity index (χ1v) is 5.48. The molecular weight excluding hydrogens is 228 g/mol. The fraction of sp³-hybridized carbons (Fsp3) is 0.800. The van der Waals surface area contributed by atoms with E-state index in [4.69, 9.17) is 19.9 Å². The average molecular weight is 244 g/mol. The number of fused-ring (bicyclic) bond motifs is 1. The minimum atomic E-state index is -0.523. The third-order valence-electron chi connectivity index (χ3n) is 2.84. The van der Waals surface area contributed by atoms with Crippen LogP contribution in [0.15, 0.2) is 0 Å². The summed E-state index contributed by atoms with van der Waals surface area (Å²) in [6.07, 6.45) is -0.755. The van der Waals surface area contributed by atoms with Gasteiger partial charge in [0, 0.05) is 6.92 Å². The highest BCUT2D eigenvalue weighted by molar-refractivity contribution is 5.75. The van der Waals surface area contributed by atoms with Gasteiger partial charge in [-0.15, -0.1) is 0 Å². The molecule has 0 aromatic rings. The molecule has 3 N–H and O–H groups in total. The number of primary amides is 1. The summed E-state index contributed by atoms with van der Waals surface area (Å²) in [7, 11) is 0. The summed E-state index contributed by atoms with van der Waals surface area (Å²) < 4.78 is 16.3. The van der Waals surface area contributed by atoms with Crippen LogP contribution in [-0.2, 0) is 23.8 Å². The molecule has 0 aromatic carbocycles. The van der Waals surface area contributed by atoms with Gasteiger partial charge in [0.05, 0.1) is 19.3 Å². The second kappa shape index (κ2) is 4.99. The number of amides is 2. The number of ether oxygens (including phenoxy) is 3. The van der Waals surface area contributed by atoms with Crippen LogP contribution < -0.4 is 11.1 Å². The summed E-state index contributed by atoms with van der Waals surface area (Å²) >= 11 is 0. The van der Waals surface area contributed by atoms with Crippen LogP contribution in [0.2, 0.25) is 0 Å². The van der Waals surface area contributed by atoms with E-state index < -0.39 is 5.91 Å². The van der Waals surface area contributed by atoms with Gasteiger partial charge in [-0.05, 0) is 0 Å². The maximum absolute atomic E-state index is 11.0. The highest BCUT2D eigenvalue weighted by Crippen LogP contribution is 2.28. The largest absolute Gasteiger partial charge is 0.370 e. The van der Waals surface area contributed by atoms with Gasteiger partial charge in [-0.3, -0.25) is 9.59 Å². The molecule has 0 aromatic heterocycles. The van der Waals surface area contributed by atoms with Crippen molar-refractivity contribution >= 4 is 11.8 Å². The van der Waals surface area contributed by atoms with Gasteiger partial charge < -0.3 is 25.3 Å². The van der Waals surface area contributed by atoms with E-state index in [2.05, 4.69) is 5.32 Å². The summed E-state index contributed by atoms with van der Waals surface area (Å²) in [5.74, 6) is -0.644. The van der Waals surface area contributed by atoms with E-state index in [9.17, 15) is 9.59 Å². The van der Waals surface area contributed by atoms with Gasteiger partial charge in [0.25, 0.3) is 0 Å². The van der Waals surface area contributed by atoms with Crippen molar-refractivity contribution in [1.82, 2.24) is 5.32 Å². The smallest absolute Gasteiger partial charge is 0.243 e. The molecule has 2 heterocycles. The van der Waals surface area contributed by atoms with Crippen LogP contribution in [0.1, 0.15) is 6.92 Å². The first-order chi connectivity index (χ1) is 8.08. The topological polar surface area (TPSA) is 99.9 Å². The zero-order valence-corrected chi connectivity index (χ0v) is 9.55. The first-order valence-electron chi connectivity index (χ1n) is 5.48. The molecule has 0 spiro atoms. The maximum Gasteiger partial charge on any atom is 0.243 e. The number of nitrogens with two attached hydrogens (primary N) is 1. The van der Waals surface area contributed by atoms with E-state index in [1.807, 2.05) is 0 Å². The predicted octanol–water partition coefficient (Wildman–Crippen LogP) is -1.84. The van der Waals surface area contributed by atoms with Crippen molar-refractivity contribution in [3.63, 3.8) is 0 Å². The zero-order chi connectivity index (χ0) is 12.4. The molecule has 0 bridgehead atoms. The van der Waals surface area contributed by atoms with Crippen molar-refractivity contribution in [3.05, 3.63) is 0 Å². The quantitative estimate of drug-likeness (QED) is 0.605. The molecule has 2 aliphatic heterocycles. The van der Waals surface area contributed by atoms with Crippen molar-refractivity contribution in [2.24, 2.45) is 5.73 Å². The summed E-state index contributed by atoms with van der Waals surface area (Å²) in [4.78, 5) is 21.6. The Hall–Kier alpha value is -1.18. The van der Waals surface area contributed by atoms with Gasteiger partial charge in [0.15, 0.2) is 0 Å². The Labute approximate surface area is 98.6 Å². The molecule has 0 aliphatic carbocycles. The van der Waals surface area contributed by atoms with Crippen molar-refractivity contribution in [2.45, 2.75) is 31.3 Å². The van der Waals surface area contributed by atoms with Crippen LogP contribution in [0.3, 0.4) is 0 Å². The second-order valence-electron chi connectivity index (χ2n) is 4.22. The average Bonchev–Trinajstić information content (AvgIpc) is 2.78. The van der Waals surface area contributed by atoms with Crippen LogP contribution in [0.4, 0.5) is 0 Å². The molecule has 2 fully saturated rings.